The van der Waals surface area contributed by atoms with Gasteiger partial charge in [0.1, 0.15) is 6.04 Å². The molecule has 1 saturated heterocycles. The fraction of sp³-hybridized carbons (Fsp3) is 0.429. The molecule has 1 aliphatic rings. The van der Waals surface area contributed by atoms with Crippen LogP contribution < -0.4 is 10.2 Å². The molecule has 5 nitrogen and oxygen atoms in total. The van der Waals surface area contributed by atoms with Crippen molar-refractivity contribution in [2.75, 3.05) is 11.4 Å². The maximum atomic E-state index is 12.0. The van der Waals surface area contributed by atoms with E-state index in [9.17, 15) is 9.59 Å². The maximum absolute atomic E-state index is 12.0. The predicted molar refractivity (Wildman–Crippen MR) is 72.2 cm³/mol. The highest BCUT2D eigenvalue weighted by molar-refractivity contribution is 5.90. The lowest BCUT2D eigenvalue weighted by molar-refractivity contribution is -0.140. The van der Waals surface area contributed by atoms with Crippen molar-refractivity contribution in [1.82, 2.24) is 5.32 Å². The first kappa shape index (κ1) is 13.4. The van der Waals surface area contributed by atoms with Crippen molar-refractivity contribution >= 4 is 17.6 Å². The Hall–Kier alpha value is -2.04. The number of para-hydroxylation sites is 1. The quantitative estimate of drug-likeness (QED) is 0.857. The molecule has 2 rings (SSSR count). The number of aliphatic carboxylic acids is 1. The minimum absolute atomic E-state index is 0.0113. The minimum atomic E-state index is -0.965. The van der Waals surface area contributed by atoms with E-state index in [-0.39, 0.29) is 18.4 Å². The Labute approximate surface area is 112 Å². The molecule has 0 radical (unpaired) electrons. The SMILES string of the molecule is Cc1ccccc1N1CC(C)NC(=O)C1CC(=O)O. The number of nitrogens with zero attached hydrogens (tertiary/aromatic N) is 1. The molecule has 0 saturated carbocycles. The van der Waals surface area contributed by atoms with Crippen molar-refractivity contribution in [3.63, 3.8) is 0 Å². The van der Waals surface area contributed by atoms with Gasteiger partial charge in [0.25, 0.3) is 0 Å². The summed E-state index contributed by atoms with van der Waals surface area (Å²) in [7, 11) is 0. The van der Waals surface area contributed by atoms with Crippen LogP contribution in [0, 0.1) is 6.92 Å². The molecule has 5 heteroatoms. The average molecular weight is 262 g/mol. The number of amides is 1. The summed E-state index contributed by atoms with van der Waals surface area (Å²) in [5.41, 5.74) is 1.97. The van der Waals surface area contributed by atoms with E-state index in [1.807, 2.05) is 43.0 Å². The molecule has 2 atom stereocenters. The standard InChI is InChI=1S/C14H18N2O3/c1-9-5-3-4-6-11(9)16-8-10(2)15-14(19)12(16)7-13(17)18/h3-6,10,12H,7-8H2,1-2H3,(H,15,19)(H,17,18). The van der Waals surface area contributed by atoms with Crippen molar-refractivity contribution in [2.24, 2.45) is 0 Å². The molecule has 1 amide bonds. The van der Waals surface area contributed by atoms with Gasteiger partial charge in [-0.1, -0.05) is 18.2 Å². The number of carbonyl (C=O) groups excluding carboxylic acids is 1. The number of benzene rings is 1. The summed E-state index contributed by atoms with van der Waals surface area (Å²) in [6, 6.07) is 7.09. The number of carboxylic acids is 1. The lowest BCUT2D eigenvalue weighted by atomic mass is 10.0. The van der Waals surface area contributed by atoms with Crippen LogP contribution in [0.1, 0.15) is 18.9 Å². The van der Waals surface area contributed by atoms with E-state index in [1.54, 1.807) is 0 Å². The van der Waals surface area contributed by atoms with Gasteiger partial charge < -0.3 is 15.3 Å². The smallest absolute Gasteiger partial charge is 0.305 e. The van der Waals surface area contributed by atoms with Gasteiger partial charge in [0, 0.05) is 18.3 Å². The fourth-order valence-electron chi connectivity index (χ4n) is 2.47. The average Bonchev–Trinajstić information content (AvgIpc) is 2.33. The van der Waals surface area contributed by atoms with Gasteiger partial charge in [-0.15, -0.1) is 0 Å². The zero-order chi connectivity index (χ0) is 14.0. The van der Waals surface area contributed by atoms with Crippen LogP contribution in [0.5, 0.6) is 0 Å². The second-order valence-electron chi connectivity index (χ2n) is 4.96. The number of carbonyl (C=O) groups is 2. The second kappa shape index (κ2) is 5.30. The molecule has 0 spiro atoms. The number of nitrogens with one attached hydrogen (secondary N) is 1. The lowest BCUT2D eigenvalue weighted by Gasteiger charge is -2.40. The van der Waals surface area contributed by atoms with Gasteiger partial charge in [-0.25, -0.2) is 0 Å². The van der Waals surface area contributed by atoms with Crippen molar-refractivity contribution < 1.29 is 14.7 Å². The highest BCUT2D eigenvalue weighted by atomic mass is 16.4. The van der Waals surface area contributed by atoms with Gasteiger partial charge in [-0.2, -0.15) is 0 Å². The third kappa shape index (κ3) is 2.86. The first-order valence-electron chi connectivity index (χ1n) is 6.33. The molecule has 1 aromatic rings. The number of rotatable bonds is 3. The third-order valence-corrected chi connectivity index (χ3v) is 3.33. The van der Waals surface area contributed by atoms with Gasteiger partial charge in [0.15, 0.2) is 0 Å². The Morgan fingerprint density at radius 3 is 2.79 bits per heavy atom. The Balaban J connectivity index is 2.35. The Morgan fingerprint density at radius 2 is 2.16 bits per heavy atom. The van der Waals surface area contributed by atoms with Gasteiger partial charge in [-0.05, 0) is 25.5 Å². The second-order valence-corrected chi connectivity index (χ2v) is 4.96. The van der Waals surface area contributed by atoms with Gasteiger partial charge in [0.2, 0.25) is 5.91 Å². The molecule has 2 unspecified atom stereocenters. The Morgan fingerprint density at radius 1 is 1.47 bits per heavy atom. The topological polar surface area (TPSA) is 69.6 Å². The molecule has 0 aliphatic carbocycles. The molecule has 19 heavy (non-hydrogen) atoms. The molecule has 0 bridgehead atoms. The number of aryl methyl sites for hydroxylation is 1. The van der Waals surface area contributed by atoms with Crippen LogP contribution in [0.2, 0.25) is 0 Å². The number of hydrogen-bond donors (Lipinski definition) is 2. The van der Waals surface area contributed by atoms with E-state index in [2.05, 4.69) is 5.32 Å². The van der Waals surface area contributed by atoms with Crippen LogP contribution in [-0.4, -0.2) is 35.6 Å². The van der Waals surface area contributed by atoms with Crippen LogP contribution >= 0.6 is 0 Å². The van der Waals surface area contributed by atoms with E-state index in [1.165, 1.54) is 0 Å². The monoisotopic (exact) mass is 262 g/mol. The van der Waals surface area contributed by atoms with Crippen LogP contribution in [0.25, 0.3) is 0 Å². The molecule has 2 N–H and O–H groups in total. The van der Waals surface area contributed by atoms with Crippen molar-refractivity contribution in [2.45, 2.75) is 32.4 Å². The number of hydrogen-bond acceptors (Lipinski definition) is 3. The van der Waals surface area contributed by atoms with Crippen LogP contribution in [0.15, 0.2) is 24.3 Å². The van der Waals surface area contributed by atoms with Crippen LogP contribution in [0.4, 0.5) is 5.69 Å². The summed E-state index contributed by atoms with van der Waals surface area (Å²) in [4.78, 5) is 24.9. The van der Waals surface area contributed by atoms with Gasteiger partial charge in [0.05, 0.1) is 6.42 Å². The summed E-state index contributed by atoms with van der Waals surface area (Å²) in [5, 5.41) is 11.8. The molecule has 1 fully saturated rings. The fourth-order valence-corrected chi connectivity index (χ4v) is 2.47. The summed E-state index contributed by atoms with van der Waals surface area (Å²) >= 11 is 0. The zero-order valence-corrected chi connectivity index (χ0v) is 11.1. The van der Waals surface area contributed by atoms with Gasteiger partial charge in [-0.3, -0.25) is 9.59 Å². The molecular formula is C14H18N2O3. The van der Waals surface area contributed by atoms with E-state index < -0.39 is 12.0 Å². The molecular weight excluding hydrogens is 244 g/mol. The first-order valence-corrected chi connectivity index (χ1v) is 6.33. The van der Waals surface area contributed by atoms with Gasteiger partial charge >= 0.3 is 5.97 Å². The number of carboxylic acid groups (broad SMARTS) is 1. The summed E-state index contributed by atoms with van der Waals surface area (Å²) in [5.74, 6) is -1.18. The number of piperazine rings is 1. The highest BCUT2D eigenvalue weighted by Crippen LogP contribution is 2.25. The Kier molecular flexibility index (Phi) is 3.74. The molecule has 1 aliphatic heterocycles. The maximum Gasteiger partial charge on any atom is 0.305 e. The summed E-state index contributed by atoms with van der Waals surface area (Å²) in [6.07, 6.45) is -0.188. The van der Waals surface area contributed by atoms with E-state index in [0.717, 1.165) is 11.3 Å². The lowest BCUT2D eigenvalue weighted by Crippen LogP contribution is -2.60. The summed E-state index contributed by atoms with van der Waals surface area (Å²) in [6.45, 7) is 4.50. The summed E-state index contributed by atoms with van der Waals surface area (Å²) < 4.78 is 0. The predicted octanol–water partition coefficient (Wildman–Crippen LogP) is 1.16. The first-order chi connectivity index (χ1) is 8.99. The molecule has 0 aromatic heterocycles. The largest absolute Gasteiger partial charge is 0.481 e. The van der Waals surface area contributed by atoms with Crippen LogP contribution in [-0.2, 0) is 9.59 Å². The minimum Gasteiger partial charge on any atom is -0.481 e. The van der Waals surface area contributed by atoms with Crippen molar-refractivity contribution in [3.05, 3.63) is 29.8 Å². The normalized spacial score (nSPS) is 23.1. The van der Waals surface area contributed by atoms with Crippen molar-refractivity contribution in [1.29, 1.82) is 0 Å². The van der Waals surface area contributed by atoms with Crippen LogP contribution in [0.3, 0.4) is 0 Å². The number of anilines is 1. The van der Waals surface area contributed by atoms with Crippen molar-refractivity contribution in [3.8, 4) is 0 Å². The third-order valence-electron chi connectivity index (χ3n) is 3.33. The highest BCUT2D eigenvalue weighted by Gasteiger charge is 2.34. The zero-order valence-electron chi connectivity index (χ0n) is 11.1. The van der Waals surface area contributed by atoms with E-state index in [4.69, 9.17) is 5.11 Å². The Bertz CT molecular complexity index is 501. The molecule has 102 valence electrons. The molecule has 1 heterocycles. The molecule has 1 aromatic carbocycles. The van der Waals surface area contributed by atoms with E-state index in [0.29, 0.717) is 6.54 Å². The van der Waals surface area contributed by atoms with E-state index >= 15 is 0 Å².